The number of allylic oxidation sites excluding steroid dienone is 1. The maximum atomic E-state index is 4.34. The standard InChI is InChI=1S/C16H30N6/c1-5-7-8-9-10-12-21(4)16(17-3)18-11-13-22-14-19-20-15(22)6-2/h5,14H,1,6-13H2,2-4H3,(H,17,18). The Hall–Kier alpha value is -1.85. The summed E-state index contributed by atoms with van der Waals surface area (Å²) in [7, 11) is 3.91. The summed E-state index contributed by atoms with van der Waals surface area (Å²) in [6, 6.07) is 0. The Bertz CT molecular complexity index is 451. The Morgan fingerprint density at radius 1 is 1.45 bits per heavy atom. The molecular weight excluding hydrogens is 276 g/mol. The Labute approximate surface area is 134 Å². The van der Waals surface area contributed by atoms with Crippen molar-refractivity contribution in [1.29, 1.82) is 0 Å². The molecule has 0 aromatic carbocycles. The molecular formula is C16H30N6. The van der Waals surface area contributed by atoms with Crippen LogP contribution in [0.4, 0.5) is 0 Å². The van der Waals surface area contributed by atoms with Gasteiger partial charge in [-0.05, 0) is 19.3 Å². The average Bonchev–Trinajstić information content (AvgIpc) is 2.98. The molecule has 0 aliphatic carbocycles. The molecule has 0 spiro atoms. The molecule has 1 aromatic rings. The van der Waals surface area contributed by atoms with E-state index in [1.54, 1.807) is 6.33 Å². The van der Waals surface area contributed by atoms with Crippen LogP contribution in [-0.4, -0.2) is 52.8 Å². The topological polar surface area (TPSA) is 58.3 Å². The maximum absolute atomic E-state index is 4.34. The van der Waals surface area contributed by atoms with Crippen molar-refractivity contribution in [2.45, 2.75) is 45.6 Å². The molecule has 0 fully saturated rings. The smallest absolute Gasteiger partial charge is 0.193 e. The molecule has 0 atom stereocenters. The van der Waals surface area contributed by atoms with E-state index in [1.165, 1.54) is 19.3 Å². The summed E-state index contributed by atoms with van der Waals surface area (Å²) in [4.78, 5) is 6.52. The highest BCUT2D eigenvalue weighted by Crippen LogP contribution is 2.01. The quantitative estimate of drug-likeness (QED) is 0.311. The first-order valence-corrected chi connectivity index (χ1v) is 8.12. The SMILES string of the molecule is C=CCCCCCN(C)C(=NC)NCCn1cnnc1CC. The molecule has 0 saturated carbocycles. The van der Waals surface area contributed by atoms with E-state index in [0.717, 1.165) is 44.3 Å². The van der Waals surface area contributed by atoms with Gasteiger partial charge >= 0.3 is 0 Å². The number of aromatic nitrogens is 3. The van der Waals surface area contributed by atoms with E-state index in [2.05, 4.69) is 50.5 Å². The zero-order valence-corrected chi connectivity index (χ0v) is 14.3. The predicted octanol–water partition coefficient (Wildman–Crippen LogP) is 2.09. The number of unbranched alkanes of at least 4 members (excludes halogenated alkanes) is 3. The van der Waals surface area contributed by atoms with Gasteiger partial charge in [-0.25, -0.2) is 0 Å². The lowest BCUT2D eigenvalue weighted by Gasteiger charge is -2.22. The fraction of sp³-hybridized carbons (Fsp3) is 0.688. The van der Waals surface area contributed by atoms with Gasteiger partial charge in [0.2, 0.25) is 0 Å². The van der Waals surface area contributed by atoms with Crippen molar-refractivity contribution in [2.75, 3.05) is 27.2 Å². The van der Waals surface area contributed by atoms with Crippen LogP contribution in [0.3, 0.4) is 0 Å². The minimum Gasteiger partial charge on any atom is -0.354 e. The highest BCUT2D eigenvalue weighted by Gasteiger charge is 2.06. The first kappa shape index (κ1) is 18.2. The van der Waals surface area contributed by atoms with Crippen LogP contribution >= 0.6 is 0 Å². The Morgan fingerprint density at radius 2 is 2.27 bits per heavy atom. The second kappa shape index (κ2) is 10.8. The molecule has 0 aliphatic heterocycles. The van der Waals surface area contributed by atoms with Crippen LogP contribution in [-0.2, 0) is 13.0 Å². The van der Waals surface area contributed by atoms with Crippen LogP contribution in [0.5, 0.6) is 0 Å². The molecule has 6 heteroatoms. The number of rotatable bonds is 10. The van der Waals surface area contributed by atoms with Gasteiger partial charge in [-0.2, -0.15) is 0 Å². The average molecular weight is 306 g/mol. The Morgan fingerprint density at radius 3 is 2.95 bits per heavy atom. The summed E-state index contributed by atoms with van der Waals surface area (Å²) in [6.07, 6.45) is 9.40. The summed E-state index contributed by atoms with van der Waals surface area (Å²) in [5.41, 5.74) is 0. The van der Waals surface area contributed by atoms with Crippen LogP contribution < -0.4 is 5.32 Å². The summed E-state index contributed by atoms with van der Waals surface area (Å²) in [5.74, 6) is 1.96. The predicted molar refractivity (Wildman–Crippen MR) is 92.1 cm³/mol. The lowest BCUT2D eigenvalue weighted by molar-refractivity contribution is 0.452. The van der Waals surface area contributed by atoms with E-state index in [1.807, 2.05) is 13.1 Å². The lowest BCUT2D eigenvalue weighted by Crippen LogP contribution is -2.40. The van der Waals surface area contributed by atoms with Gasteiger partial charge in [0.15, 0.2) is 5.96 Å². The molecule has 1 aromatic heterocycles. The van der Waals surface area contributed by atoms with Crippen molar-refractivity contribution in [3.05, 3.63) is 24.8 Å². The van der Waals surface area contributed by atoms with Crippen molar-refractivity contribution in [3.8, 4) is 0 Å². The van der Waals surface area contributed by atoms with Crippen LogP contribution in [0.2, 0.25) is 0 Å². The third-order valence-corrected chi connectivity index (χ3v) is 3.62. The number of hydrogen-bond donors (Lipinski definition) is 1. The van der Waals surface area contributed by atoms with Crippen LogP contribution in [0.25, 0.3) is 0 Å². The van der Waals surface area contributed by atoms with Crippen molar-refractivity contribution in [2.24, 2.45) is 4.99 Å². The van der Waals surface area contributed by atoms with Gasteiger partial charge in [0.25, 0.3) is 0 Å². The molecule has 124 valence electrons. The molecule has 0 unspecified atom stereocenters. The molecule has 0 amide bonds. The highest BCUT2D eigenvalue weighted by atomic mass is 15.3. The second-order valence-corrected chi connectivity index (χ2v) is 5.33. The minimum absolute atomic E-state index is 0.818. The Kier molecular flexibility index (Phi) is 8.95. The Balaban J connectivity index is 2.27. The van der Waals surface area contributed by atoms with E-state index in [-0.39, 0.29) is 0 Å². The molecule has 22 heavy (non-hydrogen) atoms. The van der Waals surface area contributed by atoms with Crippen molar-refractivity contribution in [1.82, 2.24) is 25.0 Å². The second-order valence-electron chi connectivity index (χ2n) is 5.33. The van der Waals surface area contributed by atoms with Gasteiger partial charge in [0.1, 0.15) is 12.2 Å². The molecule has 0 radical (unpaired) electrons. The molecule has 6 nitrogen and oxygen atoms in total. The van der Waals surface area contributed by atoms with Crippen LogP contribution in [0.15, 0.2) is 24.0 Å². The molecule has 0 bridgehead atoms. The summed E-state index contributed by atoms with van der Waals surface area (Å²) >= 11 is 0. The molecule has 0 saturated heterocycles. The zero-order valence-electron chi connectivity index (χ0n) is 14.3. The van der Waals surface area contributed by atoms with Gasteiger partial charge in [0, 0.05) is 40.2 Å². The van der Waals surface area contributed by atoms with Gasteiger partial charge in [-0.1, -0.05) is 19.4 Å². The van der Waals surface area contributed by atoms with E-state index < -0.39 is 0 Å². The molecule has 1 heterocycles. The summed E-state index contributed by atoms with van der Waals surface area (Å²) in [6.45, 7) is 8.53. The molecule has 1 N–H and O–H groups in total. The van der Waals surface area contributed by atoms with Gasteiger partial charge in [0.05, 0.1) is 0 Å². The van der Waals surface area contributed by atoms with Crippen LogP contribution in [0, 0.1) is 0 Å². The number of nitrogens with one attached hydrogen (secondary N) is 1. The summed E-state index contributed by atoms with van der Waals surface area (Å²) < 4.78 is 2.08. The van der Waals surface area contributed by atoms with Crippen molar-refractivity contribution < 1.29 is 0 Å². The zero-order chi connectivity index (χ0) is 16.2. The van der Waals surface area contributed by atoms with Gasteiger partial charge in [-0.3, -0.25) is 4.99 Å². The normalized spacial score (nSPS) is 11.5. The number of guanidine groups is 1. The first-order valence-electron chi connectivity index (χ1n) is 8.12. The first-order chi connectivity index (χ1) is 10.7. The number of aryl methyl sites for hydroxylation is 1. The van der Waals surface area contributed by atoms with E-state index >= 15 is 0 Å². The van der Waals surface area contributed by atoms with Crippen LogP contribution in [0.1, 0.15) is 38.4 Å². The van der Waals surface area contributed by atoms with Gasteiger partial charge < -0.3 is 14.8 Å². The largest absolute Gasteiger partial charge is 0.354 e. The number of hydrogen-bond acceptors (Lipinski definition) is 3. The number of aliphatic imine (C=N–C) groups is 1. The minimum atomic E-state index is 0.818. The lowest BCUT2D eigenvalue weighted by atomic mass is 10.2. The third kappa shape index (κ3) is 6.28. The monoisotopic (exact) mass is 306 g/mol. The van der Waals surface area contributed by atoms with Crippen molar-refractivity contribution in [3.63, 3.8) is 0 Å². The third-order valence-electron chi connectivity index (χ3n) is 3.62. The fourth-order valence-electron chi connectivity index (χ4n) is 2.33. The maximum Gasteiger partial charge on any atom is 0.193 e. The summed E-state index contributed by atoms with van der Waals surface area (Å²) in [5, 5.41) is 11.4. The van der Waals surface area contributed by atoms with E-state index in [4.69, 9.17) is 0 Å². The van der Waals surface area contributed by atoms with Crippen molar-refractivity contribution >= 4 is 5.96 Å². The fourth-order valence-corrected chi connectivity index (χ4v) is 2.33. The number of nitrogens with zero attached hydrogens (tertiary/aromatic N) is 5. The van der Waals surface area contributed by atoms with E-state index in [9.17, 15) is 0 Å². The highest BCUT2D eigenvalue weighted by molar-refractivity contribution is 5.79. The molecule has 0 aliphatic rings. The van der Waals surface area contributed by atoms with Gasteiger partial charge in [-0.15, -0.1) is 16.8 Å². The molecule has 1 rings (SSSR count). The van der Waals surface area contributed by atoms with E-state index in [0.29, 0.717) is 0 Å².